The first-order chi connectivity index (χ1) is 10.2. The summed E-state index contributed by atoms with van der Waals surface area (Å²) in [6.07, 6.45) is 3.04. The van der Waals surface area contributed by atoms with Crippen LogP contribution in [0, 0.1) is 0 Å². The first-order valence-corrected chi connectivity index (χ1v) is 6.87. The normalized spacial score (nSPS) is 10.2. The molecule has 0 atom stereocenters. The summed E-state index contributed by atoms with van der Waals surface area (Å²) in [5, 5.41) is 0. The van der Waals surface area contributed by atoms with E-state index in [2.05, 4.69) is 11.9 Å². The predicted molar refractivity (Wildman–Crippen MR) is 81.2 cm³/mol. The summed E-state index contributed by atoms with van der Waals surface area (Å²) < 4.78 is 10.4. The molecule has 0 bridgehead atoms. The van der Waals surface area contributed by atoms with E-state index in [1.165, 1.54) is 0 Å². The Labute approximate surface area is 124 Å². The van der Waals surface area contributed by atoms with Gasteiger partial charge in [-0.3, -0.25) is 9.78 Å². The SMILES string of the molecule is CCc1ccc(CC(=O)c2ccc(OC)c(OC)c2)nc1. The summed E-state index contributed by atoms with van der Waals surface area (Å²) in [4.78, 5) is 16.6. The van der Waals surface area contributed by atoms with Crippen molar-refractivity contribution in [1.82, 2.24) is 4.98 Å². The number of nitrogens with zero attached hydrogens (tertiary/aromatic N) is 1. The maximum Gasteiger partial charge on any atom is 0.168 e. The molecule has 0 spiro atoms. The average Bonchev–Trinajstić information content (AvgIpc) is 2.54. The lowest BCUT2D eigenvalue weighted by atomic mass is 10.0. The van der Waals surface area contributed by atoms with Crippen molar-refractivity contribution in [3.63, 3.8) is 0 Å². The number of aromatic nitrogens is 1. The minimum atomic E-state index is 0.00713. The molecule has 4 heteroatoms. The molecule has 2 rings (SSSR count). The number of hydrogen-bond donors (Lipinski definition) is 0. The topological polar surface area (TPSA) is 48.4 Å². The van der Waals surface area contributed by atoms with E-state index in [0.717, 1.165) is 17.7 Å². The molecular weight excluding hydrogens is 266 g/mol. The van der Waals surface area contributed by atoms with Gasteiger partial charge in [0, 0.05) is 17.5 Å². The van der Waals surface area contributed by atoms with Gasteiger partial charge in [0.2, 0.25) is 0 Å². The van der Waals surface area contributed by atoms with Crippen LogP contribution in [0.1, 0.15) is 28.5 Å². The second kappa shape index (κ2) is 6.88. The molecule has 0 saturated carbocycles. The number of methoxy groups -OCH3 is 2. The quantitative estimate of drug-likeness (QED) is 0.765. The number of Topliss-reactive ketones (excluding diaryl/α,β-unsaturated/α-hetero) is 1. The van der Waals surface area contributed by atoms with E-state index in [1.807, 2.05) is 18.3 Å². The maximum atomic E-state index is 12.3. The Morgan fingerprint density at radius 1 is 1.10 bits per heavy atom. The molecule has 0 unspecified atom stereocenters. The number of carbonyl (C=O) groups is 1. The molecule has 0 amide bonds. The third-order valence-electron chi connectivity index (χ3n) is 3.34. The molecule has 1 aromatic carbocycles. The molecule has 1 aromatic heterocycles. The molecule has 0 aliphatic carbocycles. The van der Waals surface area contributed by atoms with Crippen LogP contribution in [0.15, 0.2) is 36.5 Å². The summed E-state index contributed by atoms with van der Waals surface area (Å²) in [5.41, 5.74) is 2.53. The fraction of sp³-hybridized carbons (Fsp3) is 0.294. The Balaban J connectivity index is 2.15. The first-order valence-electron chi connectivity index (χ1n) is 6.87. The zero-order valence-corrected chi connectivity index (χ0v) is 12.6. The van der Waals surface area contributed by atoms with Crippen LogP contribution in [0.3, 0.4) is 0 Å². The largest absolute Gasteiger partial charge is 0.493 e. The highest BCUT2D eigenvalue weighted by molar-refractivity contribution is 5.97. The average molecular weight is 285 g/mol. The van der Waals surface area contributed by atoms with Crippen molar-refractivity contribution < 1.29 is 14.3 Å². The number of rotatable bonds is 6. The third-order valence-corrected chi connectivity index (χ3v) is 3.34. The van der Waals surface area contributed by atoms with Crippen molar-refractivity contribution in [3.8, 4) is 11.5 Å². The van der Waals surface area contributed by atoms with Crippen molar-refractivity contribution >= 4 is 5.78 Å². The highest BCUT2D eigenvalue weighted by Gasteiger charge is 2.12. The number of ketones is 1. The lowest BCUT2D eigenvalue weighted by Gasteiger charge is -2.09. The molecule has 0 aliphatic heterocycles. The van der Waals surface area contributed by atoms with Crippen molar-refractivity contribution in [1.29, 1.82) is 0 Å². The van der Waals surface area contributed by atoms with Crippen LogP contribution in [-0.2, 0) is 12.8 Å². The van der Waals surface area contributed by atoms with Gasteiger partial charge in [0.1, 0.15) is 0 Å². The van der Waals surface area contributed by atoms with E-state index in [9.17, 15) is 4.79 Å². The van der Waals surface area contributed by atoms with Gasteiger partial charge in [-0.05, 0) is 36.2 Å². The summed E-state index contributed by atoms with van der Waals surface area (Å²) in [6, 6.07) is 9.08. The van der Waals surface area contributed by atoms with Gasteiger partial charge in [0.05, 0.1) is 20.6 Å². The second-order valence-corrected chi connectivity index (χ2v) is 4.68. The molecule has 0 N–H and O–H groups in total. The lowest BCUT2D eigenvalue weighted by Crippen LogP contribution is -2.06. The standard InChI is InChI=1S/C17H19NO3/c1-4-12-5-7-14(18-11-12)10-15(19)13-6-8-16(20-2)17(9-13)21-3/h5-9,11H,4,10H2,1-3H3. The van der Waals surface area contributed by atoms with Crippen LogP contribution in [0.5, 0.6) is 11.5 Å². The van der Waals surface area contributed by atoms with E-state index in [4.69, 9.17) is 9.47 Å². The second-order valence-electron chi connectivity index (χ2n) is 4.68. The van der Waals surface area contributed by atoms with Gasteiger partial charge in [0.15, 0.2) is 17.3 Å². The third kappa shape index (κ3) is 3.60. The number of aryl methyl sites for hydroxylation is 1. The number of pyridine rings is 1. The summed E-state index contributed by atoms with van der Waals surface area (Å²) >= 11 is 0. The molecule has 2 aromatic rings. The zero-order chi connectivity index (χ0) is 15.2. The highest BCUT2D eigenvalue weighted by atomic mass is 16.5. The first kappa shape index (κ1) is 15.0. The van der Waals surface area contributed by atoms with Crippen molar-refractivity contribution in [3.05, 3.63) is 53.3 Å². The Bertz CT molecular complexity index is 620. The van der Waals surface area contributed by atoms with E-state index >= 15 is 0 Å². The number of carbonyl (C=O) groups excluding carboxylic acids is 1. The smallest absolute Gasteiger partial charge is 0.168 e. The van der Waals surface area contributed by atoms with Gasteiger partial charge in [-0.2, -0.15) is 0 Å². The molecular formula is C17H19NO3. The van der Waals surface area contributed by atoms with Crippen LogP contribution < -0.4 is 9.47 Å². The molecule has 0 fully saturated rings. The molecule has 21 heavy (non-hydrogen) atoms. The van der Waals surface area contributed by atoms with Gasteiger partial charge in [-0.15, -0.1) is 0 Å². The zero-order valence-electron chi connectivity index (χ0n) is 12.6. The van der Waals surface area contributed by atoms with Gasteiger partial charge in [-0.1, -0.05) is 13.0 Å². The van der Waals surface area contributed by atoms with Crippen LogP contribution >= 0.6 is 0 Å². The number of ether oxygens (including phenoxy) is 2. The fourth-order valence-corrected chi connectivity index (χ4v) is 2.05. The van der Waals surface area contributed by atoms with Crippen LogP contribution in [0.4, 0.5) is 0 Å². The van der Waals surface area contributed by atoms with Crippen LogP contribution in [-0.4, -0.2) is 25.0 Å². The molecule has 0 saturated heterocycles. The lowest BCUT2D eigenvalue weighted by molar-refractivity contribution is 0.0991. The van der Waals surface area contributed by atoms with E-state index < -0.39 is 0 Å². The van der Waals surface area contributed by atoms with Crippen LogP contribution in [0.25, 0.3) is 0 Å². The van der Waals surface area contributed by atoms with Crippen molar-refractivity contribution in [2.24, 2.45) is 0 Å². The number of hydrogen-bond acceptors (Lipinski definition) is 4. The Hall–Kier alpha value is -2.36. The molecule has 4 nitrogen and oxygen atoms in total. The van der Waals surface area contributed by atoms with E-state index in [0.29, 0.717) is 17.1 Å². The minimum Gasteiger partial charge on any atom is -0.493 e. The Morgan fingerprint density at radius 2 is 1.86 bits per heavy atom. The van der Waals surface area contributed by atoms with Crippen molar-refractivity contribution in [2.45, 2.75) is 19.8 Å². The summed E-state index contributed by atoms with van der Waals surface area (Å²) in [5.74, 6) is 1.17. The minimum absolute atomic E-state index is 0.00713. The summed E-state index contributed by atoms with van der Waals surface area (Å²) in [6.45, 7) is 2.07. The maximum absolute atomic E-state index is 12.3. The van der Waals surface area contributed by atoms with Crippen molar-refractivity contribution in [2.75, 3.05) is 14.2 Å². The van der Waals surface area contributed by atoms with E-state index in [-0.39, 0.29) is 12.2 Å². The Kier molecular flexibility index (Phi) is 4.93. The predicted octanol–water partition coefficient (Wildman–Crippen LogP) is 3.09. The molecule has 110 valence electrons. The monoisotopic (exact) mass is 285 g/mol. The molecule has 0 radical (unpaired) electrons. The summed E-state index contributed by atoms with van der Waals surface area (Å²) in [7, 11) is 3.12. The fourth-order valence-electron chi connectivity index (χ4n) is 2.05. The molecule has 1 heterocycles. The van der Waals surface area contributed by atoms with E-state index in [1.54, 1.807) is 32.4 Å². The van der Waals surface area contributed by atoms with Gasteiger partial charge >= 0.3 is 0 Å². The Morgan fingerprint density at radius 3 is 2.43 bits per heavy atom. The van der Waals surface area contributed by atoms with Gasteiger partial charge in [-0.25, -0.2) is 0 Å². The highest BCUT2D eigenvalue weighted by Crippen LogP contribution is 2.27. The number of benzene rings is 1. The van der Waals surface area contributed by atoms with Crippen LogP contribution in [0.2, 0.25) is 0 Å². The molecule has 0 aliphatic rings. The van der Waals surface area contributed by atoms with Gasteiger partial charge < -0.3 is 9.47 Å². The van der Waals surface area contributed by atoms with Gasteiger partial charge in [0.25, 0.3) is 0 Å².